The first-order valence-electron chi connectivity index (χ1n) is 10.3. The Balaban J connectivity index is 1.29. The molecule has 2 unspecified atom stereocenters. The Morgan fingerprint density at radius 3 is 2.27 bits per heavy atom. The highest BCUT2D eigenvalue weighted by Crippen LogP contribution is 2.47. The SMILES string of the molecule is O=C(CN1CC2CC(O)(CC3CCCCC3)CC2C1)c1ccc(O)cc1. The maximum atomic E-state index is 12.4. The van der Waals surface area contributed by atoms with Crippen LogP contribution in [0.2, 0.25) is 0 Å². The van der Waals surface area contributed by atoms with E-state index in [9.17, 15) is 15.0 Å². The fourth-order valence-corrected chi connectivity index (χ4v) is 5.72. The van der Waals surface area contributed by atoms with Gasteiger partial charge < -0.3 is 10.2 Å². The molecule has 2 atom stereocenters. The second-order valence-corrected chi connectivity index (χ2v) is 9.03. The molecule has 2 N–H and O–H groups in total. The normalized spacial score (nSPS) is 32.7. The van der Waals surface area contributed by atoms with Crippen molar-refractivity contribution in [1.29, 1.82) is 0 Å². The summed E-state index contributed by atoms with van der Waals surface area (Å²) in [5, 5.41) is 20.5. The topological polar surface area (TPSA) is 60.8 Å². The van der Waals surface area contributed by atoms with Crippen molar-refractivity contribution >= 4 is 5.78 Å². The van der Waals surface area contributed by atoms with Crippen LogP contribution < -0.4 is 0 Å². The van der Waals surface area contributed by atoms with Gasteiger partial charge in [0, 0.05) is 18.7 Å². The van der Waals surface area contributed by atoms with Gasteiger partial charge in [0.15, 0.2) is 5.78 Å². The van der Waals surface area contributed by atoms with Crippen molar-refractivity contribution in [2.24, 2.45) is 17.8 Å². The van der Waals surface area contributed by atoms with Gasteiger partial charge in [0.05, 0.1) is 12.1 Å². The lowest BCUT2D eigenvalue weighted by Crippen LogP contribution is -2.34. The number of aromatic hydroxyl groups is 1. The number of hydrogen-bond donors (Lipinski definition) is 2. The molecule has 0 bridgehead atoms. The molecule has 142 valence electrons. The molecular weight excluding hydrogens is 326 g/mol. The Hall–Kier alpha value is -1.39. The summed E-state index contributed by atoms with van der Waals surface area (Å²) in [6.07, 6.45) is 9.45. The third-order valence-corrected chi connectivity index (χ3v) is 6.89. The molecule has 0 aromatic heterocycles. The van der Waals surface area contributed by atoms with E-state index in [2.05, 4.69) is 4.90 Å². The number of likely N-dealkylation sites (tertiary alicyclic amines) is 1. The fraction of sp³-hybridized carbons (Fsp3) is 0.682. The summed E-state index contributed by atoms with van der Waals surface area (Å²) in [7, 11) is 0. The number of phenols is 1. The molecule has 26 heavy (non-hydrogen) atoms. The lowest BCUT2D eigenvalue weighted by Gasteiger charge is -2.32. The van der Waals surface area contributed by atoms with Crippen molar-refractivity contribution in [2.75, 3.05) is 19.6 Å². The number of carbonyl (C=O) groups is 1. The molecule has 0 amide bonds. The Labute approximate surface area is 156 Å². The molecule has 2 saturated carbocycles. The zero-order valence-electron chi connectivity index (χ0n) is 15.6. The standard InChI is InChI=1S/C22H31NO3/c24-20-8-6-17(7-9-20)21(25)15-23-13-18-11-22(26,12-19(18)14-23)10-16-4-2-1-3-5-16/h6-9,16,18-19,24,26H,1-5,10-15H2. The monoisotopic (exact) mass is 357 g/mol. The van der Waals surface area contributed by atoms with Crippen LogP contribution in [0.25, 0.3) is 0 Å². The average molecular weight is 357 g/mol. The van der Waals surface area contributed by atoms with Gasteiger partial charge in [-0.2, -0.15) is 0 Å². The van der Waals surface area contributed by atoms with Gasteiger partial charge in [-0.25, -0.2) is 0 Å². The summed E-state index contributed by atoms with van der Waals surface area (Å²) < 4.78 is 0. The molecule has 1 aromatic carbocycles. The van der Waals surface area contributed by atoms with Crippen LogP contribution in [-0.4, -0.2) is 46.1 Å². The van der Waals surface area contributed by atoms with Gasteiger partial charge in [0.25, 0.3) is 0 Å². The molecule has 1 heterocycles. The molecule has 3 fully saturated rings. The van der Waals surface area contributed by atoms with Gasteiger partial charge in [0.2, 0.25) is 0 Å². The average Bonchev–Trinajstić information content (AvgIpc) is 3.10. The van der Waals surface area contributed by atoms with Crippen LogP contribution in [0.4, 0.5) is 0 Å². The lowest BCUT2D eigenvalue weighted by molar-refractivity contribution is 0.00622. The molecule has 1 saturated heterocycles. The van der Waals surface area contributed by atoms with Crippen molar-refractivity contribution in [2.45, 2.75) is 57.0 Å². The first-order valence-corrected chi connectivity index (χ1v) is 10.3. The van der Waals surface area contributed by atoms with Gasteiger partial charge in [-0.3, -0.25) is 9.69 Å². The number of fused-ring (bicyclic) bond motifs is 1. The van der Waals surface area contributed by atoms with Crippen molar-refractivity contribution in [3.8, 4) is 5.75 Å². The van der Waals surface area contributed by atoms with E-state index in [0.717, 1.165) is 38.3 Å². The summed E-state index contributed by atoms with van der Waals surface area (Å²) >= 11 is 0. The van der Waals surface area contributed by atoms with Gasteiger partial charge in [-0.1, -0.05) is 32.1 Å². The van der Waals surface area contributed by atoms with Crippen LogP contribution >= 0.6 is 0 Å². The maximum absolute atomic E-state index is 12.4. The van der Waals surface area contributed by atoms with E-state index >= 15 is 0 Å². The molecule has 4 heteroatoms. The number of Topliss-reactive ketones (excluding diaryl/α,β-unsaturated/α-hetero) is 1. The second kappa shape index (κ2) is 7.32. The molecule has 4 nitrogen and oxygen atoms in total. The van der Waals surface area contributed by atoms with E-state index in [4.69, 9.17) is 0 Å². The van der Waals surface area contributed by atoms with Crippen molar-refractivity contribution in [3.05, 3.63) is 29.8 Å². The zero-order valence-corrected chi connectivity index (χ0v) is 15.6. The third kappa shape index (κ3) is 3.96. The van der Waals surface area contributed by atoms with Gasteiger partial charge >= 0.3 is 0 Å². The lowest BCUT2D eigenvalue weighted by atomic mass is 9.79. The Morgan fingerprint density at radius 2 is 1.65 bits per heavy atom. The maximum Gasteiger partial charge on any atom is 0.176 e. The highest BCUT2D eigenvalue weighted by molar-refractivity contribution is 5.97. The number of benzene rings is 1. The van der Waals surface area contributed by atoms with Crippen molar-refractivity contribution < 1.29 is 15.0 Å². The third-order valence-electron chi connectivity index (χ3n) is 6.89. The number of rotatable bonds is 5. The first-order chi connectivity index (χ1) is 12.5. The highest BCUT2D eigenvalue weighted by atomic mass is 16.3. The van der Waals surface area contributed by atoms with E-state index < -0.39 is 5.60 Å². The van der Waals surface area contributed by atoms with E-state index in [-0.39, 0.29) is 11.5 Å². The van der Waals surface area contributed by atoms with Crippen LogP contribution in [0.5, 0.6) is 5.75 Å². The second-order valence-electron chi connectivity index (χ2n) is 9.03. The molecule has 4 rings (SSSR count). The predicted octanol–water partition coefficient (Wildman–Crippen LogP) is 3.62. The molecule has 3 aliphatic rings. The minimum Gasteiger partial charge on any atom is -0.508 e. The number of nitrogens with zero attached hydrogens (tertiary/aromatic N) is 1. The van der Waals surface area contributed by atoms with Gasteiger partial charge in [-0.15, -0.1) is 0 Å². The number of ketones is 1. The number of aliphatic hydroxyl groups is 1. The van der Waals surface area contributed by atoms with Crippen molar-refractivity contribution in [3.63, 3.8) is 0 Å². The predicted molar refractivity (Wildman–Crippen MR) is 101 cm³/mol. The molecule has 0 radical (unpaired) electrons. The summed E-state index contributed by atoms with van der Waals surface area (Å²) in [6, 6.07) is 6.52. The van der Waals surface area contributed by atoms with Crippen LogP contribution in [0.15, 0.2) is 24.3 Å². The van der Waals surface area contributed by atoms with Gasteiger partial charge in [0.1, 0.15) is 5.75 Å². The largest absolute Gasteiger partial charge is 0.508 e. The molecule has 2 aliphatic carbocycles. The number of phenolic OH excluding ortho intramolecular Hbond substituents is 1. The van der Waals surface area contributed by atoms with E-state index in [0.29, 0.717) is 23.9 Å². The Kier molecular flexibility index (Phi) is 5.07. The first kappa shape index (κ1) is 18.0. The summed E-state index contributed by atoms with van der Waals surface area (Å²) in [5.41, 5.74) is 0.207. The van der Waals surface area contributed by atoms with Gasteiger partial charge in [-0.05, 0) is 61.3 Å². The number of hydrogen-bond acceptors (Lipinski definition) is 4. The summed E-state index contributed by atoms with van der Waals surface area (Å²) in [6.45, 7) is 2.31. The van der Waals surface area contributed by atoms with E-state index in [1.165, 1.54) is 32.1 Å². The highest BCUT2D eigenvalue weighted by Gasteiger charge is 2.48. The Bertz CT molecular complexity index is 621. The van der Waals surface area contributed by atoms with Crippen LogP contribution in [0, 0.1) is 17.8 Å². The van der Waals surface area contributed by atoms with Crippen LogP contribution in [0.3, 0.4) is 0 Å². The smallest absolute Gasteiger partial charge is 0.176 e. The summed E-state index contributed by atoms with van der Waals surface area (Å²) in [5.74, 6) is 2.10. The summed E-state index contributed by atoms with van der Waals surface area (Å²) in [4.78, 5) is 14.7. The molecule has 0 spiro atoms. The van der Waals surface area contributed by atoms with Crippen molar-refractivity contribution in [1.82, 2.24) is 4.90 Å². The quantitative estimate of drug-likeness (QED) is 0.790. The van der Waals surface area contributed by atoms with Crippen LogP contribution in [-0.2, 0) is 0 Å². The Morgan fingerprint density at radius 1 is 1.04 bits per heavy atom. The number of carbonyl (C=O) groups excluding carboxylic acids is 1. The molecular formula is C22H31NO3. The van der Waals surface area contributed by atoms with Crippen LogP contribution in [0.1, 0.15) is 61.7 Å². The molecule has 1 aromatic rings. The molecule has 1 aliphatic heterocycles. The zero-order chi connectivity index (χ0) is 18.1. The fourth-order valence-electron chi connectivity index (χ4n) is 5.72. The van der Waals surface area contributed by atoms with E-state index in [1.807, 2.05) is 0 Å². The minimum atomic E-state index is -0.454. The van der Waals surface area contributed by atoms with E-state index in [1.54, 1.807) is 24.3 Å². The minimum absolute atomic E-state index is 0.113.